The first-order chi connectivity index (χ1) is 8.04. The van der Waals surface area contributed by atoms with E-state index < -0.39 is 10.2 Å². The van der Waals surface area contributed by atoms with Gasteiger partial charge < -0.3 is 0 Å². The zero-order valence-corrected chi connectivity index (χ0v) is 13.1. The molecule has 0 aliphatic rings. The molecular formula is C8H16Cl4N2O2S. The van der Waals surface area contributed by atoms with Crippen molar-refractivity contribution < 1.29 is 8.42 Å². The summed E-state index contributed by atoms with van der Waals surface area (Å²) in [6.45, 7) is 0.880. The molecule has 17 heavy (non-hydrogen) atoms. The predicted molar refractivity (Wildman–Crippen MR) is 74.9 cm³/mol. The number of hydrogen-bond acceptors (Lipinski definition) is 2. The Bertz CT molecular complexity index is 255. The van der Waals surface area contributed by atoms with Crippen molar-refractivity contribution in [1.29, 1.82) is 0 Å². The summed E-state index contributed by atoms with van der Waals surface area (Å²) < 4.78 is 26.9. The zero-order chi connectivity index (χ0) is 13.3. The highest BCUT2D eigenvalue weighted by Crippen LogP contribution is 2.10. The Morgan fingerprint density at radius 3 is 1.06 bits per heavy atom. The van der Waals surface area contributed by atoms with Crippen molar-refractivity contribution in [3.05, 3.63) is 0 Å². The molecule has 0 fully saturated rings. The Balaban J connectivity index is 4.86. The SMILES string of the molecule is O=S(=O)(N(CCCl)CCCl)N(CCCl)CCCl. The molecule has 0 unspecified atom stereocenters. The van der Waals surface area contributed by atoms with Crippen LogP contribution in [-0.2, 0) is 10.2 Å². The lowest BCUT2D eigenvalue weighted by Crippen LogP contribution is -2.46. The van der Waals surface area contributed by atoms with Crippen molar-refractivity contribution >= 4 is 56.6 Å². The second-order valence-electron chi connectivity index (χ2n) is 3.06. The quantitative estimate of drug-likeness (QED) is 0.566. The highest BCUT2D eigenvalue weighted by Gasteiger charge is 2.27. The van der Waals surface area contributed by atoms with Gasteiger partial charge in [-0.15, -0.1) is 46.4 Å². The van der Waals surface area contributed by atoms with Crippen LogP contribution in [0.2, 0.25) is 0 Å². The average molecular weight is 346 g/mol. The summed E-state index contributed by atoms with van der Waals surface area (Å²) in [5, 5.41) is 0. The van der Waals surface area contributed by atoms with Gasteiger partial charge >= 0.3 is 0 Å². The Labute approximate surface area is 123 Å². The second-order valence-corrected chi connectivity index (χ2v) is 6.50. The van der Waals surface area contributed by atoms with Crippen LogP contribution in [0.15, 0.2) is 0 Å². The molecule has 0 aliphatic heterocycles. The summed E-state index contributed by atoms with van der Waals surface area (Å²) in [6, 6.07) is 0. The van der Waals surface area contributed by atoms with E-state index in [1.54, 1.807) is 0 Å². The molecule has 0 aromatic heterocycles. The monoisotopic (exact) mass is 344 g/mol. The molecular weight excluding hydrogens is 330 g/mol. The molecule has 0 aliphatic carbocycles. The maximum Gasteiger partial charge on any atom is 0.282 e. The lowest BCUT2D eigenvalue weighted by molar-refractivity contribution is 0.368. The Morgan fingerprint density at radius 1 is 0.647 bits per heavy atom. The molecule has 0 aromatic rings. The van der Waals surface area contributed by atoms with E-state index in [1.165, 1.54) is 8.61 Å². The van der Waals surface area contributed by atoms with Crippen LogP contribution in [0.4, 0.5) is 0 Å². The topological polar surface area (TPSA) is 40.6 Å². The molecule has 0 amide bonds. The zero-order valence-electron chi connectivity index (χ0n) is 9.29. The van der Waals surface area contributed by atoms with Crippen LogP contribution in [0.3, 0.4) is 0 Å². The molecule has 0 saturated heterocycles. The van der Waals surface area contributed by atoms with E-state index in [0.29, 0.717) is 0 Å². The third-order valence-corrected chi connectivity index (χ3v) is 4.70. The van der Waals surface area contributed by atoms with Crippen LogP contribution < -0.4 is 0 Å². The fourth-order valence-corrected chi connectivity index (χ4v) is 4.06. The molecule has 4 nitrogen and oxygen atoms in total. The number of rotatable bonds is 10. The fourth-order valence-electron chi connectivity index (χ4n) is 1.23. The summed E-state index contributed by atoms with van der Waals surface area (Å²) in [5.41, 5.74) is 0. The maximum atomic E-state index is 12.2. The van der Waals surface area contributed by atoms with Crippen LogP contribution in [0.5, 0.6) is 0 Å². The summed E-state index contributed by atoms with van der Waals surface area (Å²) >= 11 is 22.3. The molecule has 0 spiro atoms. The molecule has 0 atom stereocenters. The maximum absolute atomic E-state index is 12.2. The summed E-state index contributed by atoms with van der Waals surface area (Å²) in [5.74, 6) is 0.856. The highest BCUT2D eigenvalue weighted by molar-refractivity contribution is 7.86. The van der Waals surface area contributed by atoms with Crippen molar-refractivity contribution in [2.45, 2.75) is 0 Å². The van der Waals surface area contributed by atoms with Crippen molar-refractivity contribution in [3.8, 4) is 0 Å². The van der Waals surface area contributed by atoms with E-state index in [9.17, 15) is 8.42 Å². The minimum Gasteiger partial charge on any atom is -0.195 e. The molecule has 0 bridgehead atoms. The summed E-state index contributed by atoms with van der Waals surface area (Å²) in [6.07, 6.45) is 0. The lowest BCUT2D eigenvalue weighted by Gasteiger charge is -2.28. The van der Waals surface area contributed by atoms with Gasteiger partial charge in [0.15, 0.2) is 0 Å². The smallest absolute Gasteiger partial charge is 0.195 e. The third kappa shape index (κ3) is 6.14. The van der Waals surface area contributed by atoms with E-state index in [1.807, 2.05) is 0 Å². The molecule has 9 heteroatoms. The van der Waals surface area contributed by atoms with Gasteiger partial charge in [0.2, 0.25) is 0 Å². The van der Waals surface area contributed by atoms with Gasteiger partial charge in [0.25, 0.3) is 10.2 Å². The van der Waals surface area contributed by atoms with Gasteiger partial charge in [0, 0.05) is 49.7 Å². The first-order valence-corrected chi connectivity index (χ1v) is 8.57. The van der Waals surface area contributed by atoms with Crippen LogP contribution in [-0.4, -0.2) is 66.7 Å². The van der Waals surface area contributed by atoms with Gasteiger partial charge in [-0.05, 0) is 0 Å². The van der Waals surface area contributed by atoms with Gasteiger partial charge in [-0.2, -0.15) is 17.0 Å². The summed E-state index contributed by atoms with van der Waals surface area (Å²) in [4.78, 5) is 0. The van der Waals surface area contributed by atoms with Gasteiger partial charge in [0.05, 0.1) is 0 Å². The van der Waals surface area contributed by atoms with Crippen LogP contribution in [0.1, 0.15) is 0 Å². The lowest BCUT2D eigenvalue weighted by atomic mass is 10.6. The molecule has 104 valence electrons. The minimum atomic E-state index is -3.58. The fraction of sp³-hybridized carbons (Fsp3) is 1.00. The van der Waals surface area contributed by atoms with E-state index in [-0.39, 0.29) is 49.7 Å². The van der Waals surface area contributed by atoms with E-state index in [4.69, 9.17) is 46.4 Å². The first-order valence-electron chi connectivity index (χ1n) is 5.03. The van der Waals surface area contributed by atoms with E-state index >= 15 is 0 Å². The van der Waals surface area contributed by atoms with Crippen molar-refractivity contribution in [2.75, 3.05) is 49.7 Å². The van der Waals surface area contributed by atoms with Crippen LogP contribution >= 0.6 is 46.4 Å². The molecule has 0 N–H and O–H groups in total. The van der Waals surface area contributed by atoms with Crippen molar-refractivity contribution in [1.82, 2.24) is 8.61 Å². The first kappa shape index (κ1) is 18.0. The second kappa shape index (κ2) is 9.89. The Hall–Kier alpha value is 1.03. The van der Waals surface area contributed by atoms with Gasteiger partial charge in [-0.3, -0.25) is 0 Å². The van der Waals surface area contributed by atoms with Gasteiger partial charge in [-0.25, -0.2) is 0 Å². The average Bonchev–Trinajstić information content (AvgIpc) is 2.28. The third-order valence-electron chi connectivity index (χ3n) is 1.99. The molecule has 0 aromatic carbocycles. The summed E-state index contributed by atoms with van der Waals surface area (Å²) in [7, 11) is -3.58. The van der Waals surface area contributed by atoms with E-state index in [2.05, 4.69) is 0 Å². The Kier molecular flexibility index (Phi) is 10.5. The largest absolute Gasteiger partial charge is 0.282 e. The van der Waals surface area contributed by atoms with Gasteiger partial charge in [0.1, 0.15) is 0 Å². The van der Waals surface area contributed by atoms with Crippen molar-refractivity contribution in [2.24, 2.45) is 0 Å². The molecule has 0 radical (unpaired) electrons. The Morgan fingerprint density at radius 2 is 0.882 bits per heavy atom. The highest BCUT2D eigenvalue weighted by atomic mass is 35.5. The number of halogens is 4. The minimum absolute atomic E-state index is 0.214. The van der Waals surface area contributed by atoms with Crippen LogP contribution in [0, 0.1) is 0 Å². The molecule has 0 heterocycles. The van der Waals surface area contributed by atoms with Gasteiger partial charge in [-0.1, -0.05) is 0 Å². The molecule has 0 saturated carbocycles. The molecule has 0 rings (SSSR count). The van der Waals surface area contributed by atoms with Crippen molar-refractivity contribution in [3.63, 3.8) is 0 Å². The number of nitrogens with zero attached hydrogens (tertiary/aromatic N) is 2. The predicted octanol–water partition coefficient (Wildman–Crippen LogP) is 1.79. The normalized spacial score (nSPS) is 12.6. The van der Waals surface area contributed by atoms with Crippen LogP contribution in [0.25, 0.3) is 0 Å². The standard InChI is InChI=1S/C8H16Cl4N2O2S/c9-1-5-13(6-2-10)17(15,16)14(7-3-11)8-4-12/h1-8H2. The van der Waals surface area contributed by atoms with E-state index in [0.717, 1.165) is 0 Å². The number of hydrogen-bond donors (Lipinski definition) is 0. The number of alkyl halides is 4.